The highest BCUT2D eigenvalue weighted by Crippen LogP contribution is 1.79. The van der Waals surface area contributed by atoms with Crippen molar-refractivity contribution in [1.82, 2.24) is 4.90 Å². The number of rotatable bonds is 1. The van der Waals surface area contributed by atoms with E-state index in [1.165, 1.54) is 0 Å². The highest BCUT2D eigenvalue weighted by molar-refractivity contribution is 4.35. The lowest BCUT2D eigenvalue weighted by molar-refractivity contribution is 0.0578. The average molecular weight is 149 g/mol. The first-order valence-corrected chi connectivity index (χ1v) is 3.40. The van der Waals surface area contributed by atoms with Crippen molar-refractivity contribution < 1.29 is 10.2 Å². The van der Waals surface area contributed by atoms with E-state index < -0.39 is 0 Å². The molecular formula is C7H19NO2. The van der Waals surface area contributed by atoms with Crippen LogP contribution in [0.3, 0.4) is 0 Å². The van der Waals surface area contributed by atoms with E-state index in [-0.39, 0.29) is 12.3 Å². The van der Waals surface area contributed by atoms with Gasteiger partial charge in [-0.3, -0.25) is 4.90 Å². The molecule has 0 bridgehead atoms. The molecule has 1 unspecified atom stereocenters. The molecule has 0 aromatic rings. The third-order valence-electron chi connectivity index (χ3n) is 0.747. The summed E-state index contributed by atoms with van der Waals surface area (Å²) in [6.07, 6.45) is -0.481. The van der Waals surface area contributed by atoms with E-state index in [0.29, 0.717) is 0 Å². The molecule has 0 aliphatic heterocycles. The summed E-state index contributed by atoms with van der Waals surface area (Å²) in [5, 5.41) is 16.6. The molecule has 0 rings (SSSR count). The quantitative estimate of drug-likeness (QED) is 0.526. The van der Waals surface area contributed by atoms with Gasteiger partial charge in [-0.05, 0) is 34.9 Å². The summed E-state index contributed by atoms with van der Waals surface area (Å²) in [5.74, 6) is 0. The number of hydrogen-bond acceptors (Lipinski definition) is 3. The molecule has 0 heterocycles. The van der Waals surface area contributed by atoms with Crippen molar-refractivity contribution in [3.05, 3.63) is 0 Å². The molecule has 0 saturated carbocycles. The zero-order chi connectivity index (χ0) is 8.73. The minimum absolute atomic E-state index is 0.167. The first kappa shape index (κ1) is 12.5. The Bertz CT molecular complexity index is 53.9. The summed E-state index contributed by atoms with van der Waals surface area (Å²) < 4.78 is 0. The normalized spacial score (nSPS) is 12.9. The van der Waals surface area contributed by atoms with Gasteiger partial charge in [0.05, 0.1) is 0 Å². The van der Waals surface area contributed by atoms with Crippen molar-refractivity contribution in [2.75, 3.05) is 14.1 Å². The highest BCUT2D eigenvalue weighted by Gasteiger charge is 1.92. The molecule has 0 radical (unpaired) electrons. The van der Waals surface area contributed by atoms with Crippen LogP contribution >= 0.6 is 0 Å². The van der Waals surface area contributed by atoms with Crippen LogP contribution in [-0.4, -0.2) is 41.5 Å². The first-order chi connectivity index (χ1) is 4.37. The Kier molecular flexibility index (Phi) is 8.77. The summed E-state index contributed by atoms with van der Waals surface area (Å²) in [5.41, 5.74) is 0. The van der Waals surface area contributed by atoms with Crippen molar-refractivity contribution in [3.8, 4) is 0 Å². The van der Waals surface area contributed by atoms with Crippen LogP contribution in [0.15, 0.2) is 0 Å². The van der Waals surface area contributed by atoms with E-state index in [1.807, 2.05) is 14.1 Å². The number of hydrogen-bond donors (Lipinski definition) is 2. The summed E-state index contributed by atoms with van der Waals surface area (Å²) >= 11 is 0. The van der Waals surface area contributed by atoms with Crippen molar-refractivity contribution >= 4 is 0 Å². The third-order valence-corrected chi connectivity index (χ3v) is 0.747. The summed E-state index contributed by atoms with van der Waals surface area (Å²) in [4.78, 5) is 1.72. The Hall–Kier alpha value is -0.120. The Morgan fingerprint density at radius 3 is 1.10 bits per heavy atom. The van der Waals surface area contributed by atoms with Crippen molar-refractivity contribution in [1.29, 1.82) is 0 Å². The fourth-order valence-electron chi connectivity index (χ4n) is 0. The van der Waals surface area contributed by atoms with Crippen LogP contribution in [0.4, 0.5) is 0 Å². The van der Waals surface area contributed by atoms with Gasteiger partial charge in [0.1, 0.15) is 6.23 Å². The van der Waals surface area contributed by atoms with E-state index in [4.69, 9.17) is 10.2 Å². The average Bonchev–Trinajstić information content (AvgIpc) is 1.63. The Labute approximate surface area is 63.3 Å². The van der Waals surface area contributed by atoms with E-state index in [2.05, 4.69) is 0 Å². The molecule has 0 amide bonds. The second-order valence-electron chi connectivity index (χ2n) is 2.69. The molecule has 10 heavy (non-hydrogen) atoms. The smallest absolute Gasteiger partial charge is 0.104 e. The molecule has 0 fully saturated rings. The SMILES string of the molecule is CC(C)O.CC(O)N(C)C. The van der Waals surface area contributed by atoms with Gasteiger partial charge in [0.2, 0.25) is 0 Å². The van der Waals surface area contributed by atoms with Gasteiger partial charge in [-0.15, -0.1) is 0 Å². The van der Waals surface area contributed by atoms with E-state index in [1.54, 1.807) is 25.7 Å². The zero-order valence-corrected chi connectivity index (χ0v) is 7.50. The maximum atomic E-state index is 8.56. The van der Waals surface area contributed by atoms with Gasteiger partial charge in [0.25, 0.3) is 0 Å². The van der Waals surface area contributed by atoms with Gasteiger partial charge < -0.3 is 10.2 Å². The molecule has 0 aromatic heterocycles. The minimum atomic E-state index is -0.315. The van der Waals surface area contributed by atoms with Gasteiger partial charge in [0.15, 0.2) is 0 Å². The minimum Gasteiger partial charge on any atom is -0.394 e. The maximum Gasteiger partial charge on any atom is 0.104 e. The van der Waals surface area contributed by atoms with Crippen LogP contribution in [0.2, 0.25) is 0 Å². The molecule has 3 heteroatoms. The molecule has 64 valence electrons. The summed E-state index contributed by atoms with van der Waals surface area (Å²) in [6, 6.07) is 0. The molecule has 2 N–H and O–H groups in total. The second-order valence-corrected chi connectivity index (χ2v) is 2.69. The zero-order valence-electron chi connectivity index (χ0n) is 7.50. The fraction of sp³-hybridized carbons (Fsp3) is 1.00. The van der Waals surface area contributed by atoms with Gasteiger partial charge in [-0.2, -0.15) is 0 Å². The van der Waals surface area contributed by atoms with Crippen LogP contribution in [0, 0.1) is 0 Å². The lowest BCUT2D eigenvalue weighted by atomic mass is 10.5. The van der Waals surface area contributed by atoms with Gasteiger partial charge >= 0.3 is 0 Å². The molecule has 0 aromatic carbocycles. The largest absolute Gasteiger partial charge is 0.394 e. The van der Waals surface area contributed by atoms with Crippen LogP contribution in [0.5, 0.6) is 0 Å². The Balaban J connectivity index is 0. The first-order valence-electron chi connectivity index (χ1n) is 3.40. The van der Waals surface area contributed by atoms with Crippen LogP contribution in [-0.2, 0) is 0 Å². The number of aliphatic hydroxyl groups excluding tert-OH is 2. The van der Waals surface area contributed by atoms with Crippen LogP contribution < -0.4 is 0 Å². The summed E-state index contributed by atoms with van der Waals surface area (Å²) in [7, 11) is 3.65. The fourth-order valence-corrected chi connectivity index (χ4v) is 0. The van der Waals surface area contributed by atoms with Crippen molar-refractivity contribution in [2.45, 2.75) is 33.1 Å². The van der Waals surface area contributed by atoms with E-state index in [9.17, 15) is 0 Å². The third kappa shape index (κ3) is 24.8. The Morgan fingerprint density at radius 2 is 1.10 bits per heavy atom. The standard InChI is InChI=1S/C4H11NO.C3H8O/c1-4(6)5(2)3;1-3(2)4/h4,6H,1-3H3;3-4H,1-2H3. The van der Waals surface area contributed by atoms with Crippen LogP contribution in [0.1, 0.15) is 20.8 Å². The lowest BCUT2D eigenvalue weighted by Crippen LogP contribution is -2.23. The molecular weight excluding hydrogens is 130 g/mol. The highest BCUT2D eigenvalue weighted by atomic mass is 16.3. The topological polar surface area (TPSA) is 43.7 Å². The van der Waals surface area contributed by atoms with Crippen molar-refractivity contribution in [2.24, 2.45) is 0 Å². The van der Waals surface area contributed by atoms with Gasteiger partial charge in [-0.25, -0.2) is 0 Å². The Morgan fingerprint density at radius 1 is 1.00 bits per heavy atom. The van der Waals surface area contributed by atoms with Crippen LogP contribution in [0.25, 0.3) is 0 Å². The monoisotopic (exact) mass is 149 g/mol. The van der Waals surface area contributed by atoms with Gasteiger partial charge in [-0.1, -0.05) is 0 Å². The number of aliphatic hydroxyl groups is 2. The predicted molar refractivity (Wildman–Crippen MR) is 42.7 cm³/mol. The molecule has 1 atom stereocenters. The summed E-state index contributed by atoms with van der Waals surface area (Å²) in [6.45, 7) is 5.17. The molecule has 0 aliphatic carbocycles. The lowest BCUT2D eigenvalue weighted by Gasteiger charge is -2.11. The molecule has 0 spiro atoms. The van der Waals surface area contributed by atoms with E-state index in [0.717, 1.165) is 0 Å². The van der Waals surface area contributed by atoms with Crippen molar-refractivity contribution in [3.63, 3.8) is 0 Å². The predicted octanol–water partition coefficient (Wildman–Crippen LogP) is 0.273. The molecule has 0 saturated heterocycles. The molecule has 3 nitrogen and oxygen atoms in total. The number of nitrogens with zero attached hydrogens (tertiary/aromatic N) is 1. The molecule has 0 aliphatic rings. The maximum absolute atomic E-state index is 8.56. The second kappa shape index (κ2) is 6.99. The van der Waals surface area contributed by atoms with Gasteiger partial charge in [0, 0.05) is 6.10 Å². The van der Waals surface area contributed by atoms with E-state index >= 15 is 0 Å².